The third kappa shape index (κ3) is 3.50. The minimum atomic E-state index is -1.10. The number of rotatable bonds is 5. The van der Waals surface area contributed by atoms with Gasteiger partial charge in [0.1, 0.15) is 6.54 Å². The Balaban J connectivity index is 2.98. The van der Waals surface area contributed by atoms with Crippen LogP contribution in [0.2, 0.25) is 0 Å². The lowest BCUT2D eigenvalue weighted by Crippen LogP contribution is -2.36. The van der Waals surface area contributed by atoms with Crippen LogP contribution in [0.3, 0.4) is 0 Å². The lowest BCUT2D eigenvalue weighted by Gasteiger charge is -2.19. The lowest BCUT2D eigenvalue weighted by molar-refractivity contribution is -0.387. The Labute approximate surface area is 114 Å². The highest BCUT2D eigenvalue weighted by Gasteiger charge is 2.21. The molecular weight excluding hydrogens is 271 g/mol. The second-order valence-electron chi connectivity index (χ2n) is 3.82. The number of hydrogen-bond acceptors (Lipinski definition) is 5. The molecule has 0 fully saturated rings. The molecule has 1 rings (SSSR count). The first-order valence-corrected chi connectivity index (χ1v) is 5.70. The van der Waals surface area contributed by atoms with E-state index in [2.05, 4.69) is 4.74 Å². The molecule has 7 nitrogen and oxygen atoms in total. The van der Waals surface area contributed by atoms with Crippen molar-refractivity contribution < 1.29 is 23.6 Å². The fourth-order valence-electron chi connectivity index (χ4n) is 1.52. The zero-order chi connectivity index (χ0) is 15.3. The van der Waals surface area contributed by atoms with Gasteiger partial charge in [0.25, 0.3) is 5.91 Å². The van der Waals surface area contributed by atoms with Crippen LogP contribution in [0.1, 0.15) is 17.3 Å². The first-order valence-electron chi connectivity index (χ1n) is 5.70. The van der Waals surface area contributed by atoms with Crippen molar-refractivity contribution in [2.75, 3.05) is 20.2 Å². The van der Waals surface area contributed by atoms with Crippen molar-refractivity contribution in [3.63, 3.8) is 0 Å². The first-order chi connectivity index (χ1) is 9.40. The quantitative estimate of drug-likeness (QED) is 0.462. The van der Waals surface area contributed by atoms with E-state index in [0.717, 1.165) is 23.1 Å². The minimum Gasteiger partial charge on any atom is -0.468 e. The molecule has 1 amide bonds. The summed E-state index contributed by atoms with van der Waals surface area (Å²) in [7, 11) is 1.19. The highest BCUT2D eigenvalue weighted by molar-refractivity contribution is 5.96. The van der Waals surface area contributed by atoms with Gasteiger partial charge >= 0.3 is 11.7 Å². The molecule has 0 atom stereocenters. The second kappa shape index (κ2) is 6.60. The summed E-state index contributed by atoms with van der Waals surface area (Å²) in [4.78, 5) is 33.9. The van der Waals surface area contributed by atoms with Gasteiger partial charge < -0.3 is 9.64 Å². The van der Waals surface area contributed by atoms with Gasteiger partial charge in [-0.15, -0.1) is 0 Å². The van der Waals surface area contributed by atoms with Gasteiger partial charge in [-0.2, -0.15) is 4.39 Å². The Bertz CT molecular complexity index is 547. The summed E-state index contributed by atoms with van der Waals surface area (Å²) in [5.74, 6) is -2.32. The van der Waals surface area contributed by atoms with Crippen LogP contribution in [0.15, 0.2) is 18.2 Å². The van der Waals surface area contributed by atoms with Gasteiger partial charge in [-0.1, -0.05) is 0 Å². The van der Waals surface area contributed by atoms with Crippen molar-refractivity contribution in [3.05, 3.63) is 39.7 Å². The van der Waals surface area contributed by atoms with Crippen LogP contribution in [0.5, 0.6) is 0 Å². The molecular formula is C12H13FN2O5. The molecule has 1 aromatic rings. The molecule has 108 valence electrons. The summed E-state index contributed by atoms with van der Waals surface area (Å²) in [6.45, 7) is 1.58. The number of nitrogens with zero attached hydrogens (tertiary/aromatic N) is 2. The Morgan fingerprint density at radius 2 is 2.10 bits per heavy atom. The van der Waals surface area contributed by atoms with Gasteiger partial charge in [-0.25, -0.2) is 0 Å². The molecule has 0 bridgehead atoms. The molecule has 0 heterocycles. The van der Waals surface area contributed by atoms with Gasteiger partial charge in [-0.05, 0) is 19.1 Å². The summed E-state index contributed by atoms with van der Waals surface area (Å²) in [6, 6.07) is 2.83. The van der Waals surface area contributed by atoms with E-state index < -0.39 is 28.3 Å². The number of nitro groups is 1. The Hall–Kier alpha value is -2.51. The molecule has 0 unspecified atom stereocenters. The third-order valence-electron chi connectivity index (χ3n) is 2.61. The van der Waals surface area contributed by atoms with E-state index in [1.165, 1.54) is 7.11 Å². The maximum atomic E-state index is 13.5. The normalized spacial score (nSPS) is 9.95. The SMILES string of the molecule is CCN(CC(=O)OC)C(=O)c1ccc([N+](=O)[O-])c(F)c1. The van der Waals surface area contributed by atoms with E-state index in [0.29, 0.717) is 0 Å². The first kappa shape index (κ1) is 15.5. The predicted molar refractivity (Wildman–Crippen MR) is 66.6 cm³/mol. The van der Waals surface area contributed by atoms with Gasteiger partial charge in [0.15, 0.2) is 0 Å². The number of methoxy groups -OCH3 is 1. The summed E-state index contributed by atoms with van der Waals surface area (Å²) in [5, 5.41) is 10.5. The van der Waals surface area contributed by atoms with E-state index in [1.54, 1.807) is 6.92 Å². The summed E-state index contributed by atoms with van der Waals surface area (Å²) >= 11 is 0. The number of ether oxygens (including phenoxy) is 1. The van der Waals surface area contributed by atoms with Crippen molar-refractivity contribution in [3.8, 4) is 0 Å². The van der Waals surface area contributed by atoms with Crippen LogP contribution in [-0.4, -0.2) is 41.9 Å². The van der Waals surface area contributed by atoms with Gasteiger partial charge in [0.2, 0.25) is 5.82 Å². The number of amides is 1. The van der Waals surface area contributed by atoms with Crippen LogP contribution in [0.4, 0.5) is 10.1 Å². The van der Waals surface area contributed by atoms with Crippen molar-refractivity contribution >= 4 is 17.6 Å². The van der Waals surface area contributed by atoms with Crippen molar-refractivity contribution in [2.45, 2.75) is 6.92 Å². The van der Waals surface area contributed by atoms with Crippen molar-refractivity contribution in [1.29, 1.82) is 0 Å². The van der Waals surface area contributed by atoms with Crippen LogP contribution in [0, 0.1) is 15.9 Å². The van der Waals surface area contributed by atoms with Crippen molar-refractivity contribution in [1.82, 2.24) is 4.90 Å². The lowest BCUT2D eigenvalue weighted by atomic mass is 10.1. The summed E-state index contributed by atoms with van der Waals surface area (Å²) < 4.78 is 17.9. The van der Waals surface area contributed by atoms with Crippen LogP contribution >= 0.6 is 0 Å². The van der Waals surface area contributed by atoms with Gasteiger partial charge in [0.05, 0.1) is 12.0 Å². The maximum absolute atomic E-state index is 13.5. The summed E-state index contributed by atoms with van der Waals surface area (Å²) in [6.07, 6.45) is 0. The molecule has 0 saturated heterocycles. The monoisotopic (exact) mass is 284 g/mol. The topological polar surface area (TPSA) is 89.8 Å². The number of nitro benzene ring substituents is 1. The van der Waals surface area contributed by atoms with Crippen LogP contribution in [0.25, 0.3) is 0 Å². The molecule has 20 heavy (non-hydrogen) atoms. The van der Waals surface area contributed by atoms with Crippen LogP contribution < -0.4 is 0 Å². The maximum Gasteiger partial charge on any atom is 0.325 e. The highest BCUT2D eigenvalue weighted by atomic mass is 19.1. The zero-order valence-electron chi connectivity index (χ0n) is 11.0. The number of halogens is 1. The van der Waals surface area contributed by atoms with Crippen molar-refractivity contribution in [2.24, 2.45) is 0 Å². The van der Waals surface area contributed by atoms with Crippen LogP contribution in [-0.2, 0) is 9.53 Å². The summed E-state index contributed by atoms with van der Waals surface area (Å²) in [5.41, 5.74) is -0.781. The fourth-order valence-corrected chi connectivity index (χ4v) is 1.52. The second-order valence-corrected chi connectivity index (χ2v) is 3.82. The molecule has 8 heteroatoms. The molecule has 0 aliphatic heterocycles. The predicted octanol–water partition coefficient (Wildman–Crippen LogP) is 1.37. The third-order valence-corrected chi connectivity index (χ3v) is 2.61. The van der Waals surface area contributed by atoms with Gasteiger partial charge in [0, 0.05) is 18.2 Å². The van der Waals surface area contributed by atoms with E-state index in [1.807, 2.05) is 0 Å². The number of hydrogen-bond donors (Lipinski definition) is 0. The van der Waals surface area contributed by atoms with Gasteiger partial charge in [-0.3, -0.25) is 19.7 Å². The molecule has 0 N–H and O–H groups in total. The largest absolute Gasteiger partial charge is 0.468 e. The number of carbonyl (C=O) groups excluding carboxylic acids is 2. The van der Waals surface area contributed by atoms with E-state index >= 15 is 0 Å². The highest BCUT2D eigenvalue weighted by Crippen LogP contribution is 2.19. The van der Waals surface area contributed by atoms with E-state index in [9.17, 15) is 24.1 Å². The molecule has 0 spiro atoms. The molecule has 0 radical (unpaired) electrons. The standard InChI is InChI=1S/C12H13FN2O5/c1-3-14(7-11(16)20-2)12(17)8-4-5-10(15(18)19)9(13)6-8/h4-6H,3,7H2,1-2H3. The Kier molecular flexibility index (Phi) is 5.13. The minimum absolute atomic E-state index is 0.0705. The smallest absolute Gasteiger partial charge is 0.325 e. The Morgan fingerprint density at radius 1 is 1.45 bits per heavy atom. The number of carbonyl (C=O) groups is 2. The van der Waals surface area contributed by atoms with E-state index in [4.69, 9.17) is 0 Å². The molecule has 0 aliphatic carbocycles. The number of likely N-dealkylation sites (N-methyl/N-ethyl adjacent to an activating group) is 1. The zero-order valence-corrected chi connectivity index (χ0v) is 11.0. The Morgan fingerprint density at radius 3 is 2.55 bits per heavy atom. The average molecular weight is 284 g/mol. The molecule has 0 saturated carbocycles. The fraction of sp³-hybridized carbons (Fsp3) is 0.333. The number of benzene rings is 1. The van der Waals surface area contributed by atoms with E-state index in [-0.39, 0.29) is 18.7 Å². The molecule has 0 aromatic heterocycles. The number of esters is 1. The molecule has 0 aliphatic rings. The average Bonchev–Trinajstić information content (AvgIpc) is 2.43. The molecule has 1 aromatic carbocycles.